The fourth-order valence-electron chi connectivity index (χ4n) is 3.42. The molecule has 1 aromatic rings. The summed E-state index contributed by atoms with van der Waals surface area (Å²) in [5.41, 5.74) is 1.49. The Balaban J connectivity index is 2.14. The number of nitrogens with one attached hydrogen (secondary N) is 1. The van der Waals surface area contributed by atoms with Crippen molar-refractivity contribution in [2.75, 3.05) is 19.6 Å². The lowest BCUT2D eigenvalue weighted by molar-refractivity contribution is 0.0670. The van der Waals surface area contributed by atoms with Crippen LogP contribution in [0.5, 0.6) is 0 Å². The van der Waals surface area contributed by atoms with Gasteiger partial charge < -0.3 is 5.32 Å². The fourth-order valence-corrected chi connectivity index (χ4v) is 3.42. The fraction of sp³-hybridized carbons (Fsp3) is 0.684. The minimum atomic E-state index is 0.0823. The van der Waals surface area contributed by atoms with Gasteiger partial charge in [-0.1, -0.05) is 63.9 Å². The van der Waals surface area contributed by atoms with Crippen LogP contribution in [0.25, 0.3) is 0 Å². The Morgan fingerprint density at radius 1 is 1.29 bits per heavy atom. The summed E-state index contributed by atoms with van der Waals surface area (Å²) in [4.78, 5) is 2.74. The largest absolute Gasteiger partial charge is 0.305 e. The number of nitrogens with zero attached hydrogens (tertiary/aromatic N) is 1. The minimum Gasteiger partial charge on any atom is -0.305 e. The van der Waals surface area contributed by atoms with Crippen LogP contribution in [0.3, 0.4) is 0 Å². The van der Waals surface area contributed by atoms with E-state index in [-0.39, 0.29) is 5.54 Å². The van der Waals surface area contributed by atoms with Gasteiger partial charge in [-0.3, -0.25) is 4.90 Å². The molecule has 0 radical (unpaired) electrons. The van der Waals surface area contributed by atoms with Crippen molar-refractivity contribution >= 4 is 0 Å². The summed E-state index contributed by atoms with van der Waals surface area (Å²) in [5, 5.41) is 3.83. The average molecular weight is 288 g/mol. The van der Waals surface area contributed by atoms with Crippen molar-refractivity contribution in [2.24, 2.45) is 5.92 Å². The van der Waals surface area contributed by atoms with Crippen molar-refractivity contribution in [3.63, 3.8) is 0 Å². The first-order valence-corrected chi connectivity index (χ1v) is 8.63. The highest BCUT2D eigenvalue weighted by Crippen LogP contribution is 2.28. The molecule has 1 aliphatic rings. The predicted molar refractivity (Wildman–Crippen MR) is 91.5 cm³/mol. The second-order valence-corrected chi connectivity index (χ2v) is 6.96. The lowest BCUT2D eigenvalue weighted by Crippen LogP contribution is -2.61. The molecule has 3 atom stereocenters. The molecule has 0 bridgehead atoms. The molecule has 1 saturated heterocycles. The van der Waals surface area contributed by atoms with Crippen LogP contribution >= 0.6 is 0 Å². The lowest BCUT2D eigenvalue weighted by Gasteiger charge is -2.47. The van der Waals surface area contributed by atoms with E-state index in [9.17, 15) is 0 Å². The second-order valence-electron chi connectivity index (χ2n) is 6.96. The van der Waals surface area contributed by atoms with Crippen LogP contribution < -0.4 is 5.32 Å². The maximum atomic E-state index is 3.83. The quantitative estimate of drug-likeness (QED) is 0.850. The number of benzene rings is 1. The molecule has 21 heavy (non-hydrogen) atoms. The number of piperazine rings is 1. The standard InChI is InChI=1S/C19H32N2/c1-5-10-18-13-20-19(4,17-11-8-7-9-12-17)15-21(18)14-16(3)6-2/h7-9,11-12,16,18,20H,5-6,10,13-15H2,1-4H3. The van der Waals surface area contributed by atoms with Crippen LogP contribution in [-0.4, -0.2) is 30.6 Å². The molecule has 2 rings (SSSR count). The Bertz CT molecular complexity index is 417. The SMILES string of the molecule is CCCC1CNC(C)(c2ccccc2)CN1CC(C)CC. The molecule has 3 unspecified atom stereocenters. The molecule has 1 aromatic carbocycles. The average Bonchev–Trinajstić information content (AvgIpc) is 2.51. The van der Waals surface area contributed by atoms with Gasteiger partial charge in [0.05, 0.1) is 5.54 Å². The molecule has 118 valence electrons. The summed E-state index contributed by atoms with van der Waals surface area (Å²) in [5.74, 6) is 0.780. The zero-order chi connectivity index (χ0) is 15.3. The van der Waals surface area contributed by atoms with Gasteiger partial charge in [0.2, 0.25) is 0 Å². The lowest BCUT2D eigenvalue weighted by atomic mass is 9.87. The van der Waals surface area contributed by atoms with Gasteiger partial charge in [0, 0.05) is 25.7 Å². The minimum absolute atomic E-state index is 0.0823. The molecule has 1 N–H and O–H groups in total. The maximum absolute atomic E-state index is 3.83. The molecular weight excluding hydrogens is 256 g/mol. The van der Waals surface area contributed by atoms with Gasteiger partial charge in [-0.25, -0.2) is 0 Å². The summed E-state index contributed by atoms with van der Waals surface area (Å²) in [7, 11) is 0. The number of hydrogen-bond donors (Lipinski definition) is 1. The topological polar surface area (TPSA) is 15.3 Å². The van der Waals surface area contributed by atoms with Gasteiger partial charge in [-0.15, -0.1) is 0 Å². The van der Waals surface area contributed by atoms with E-state index in [1.807, 2.05) is 0 Å². The molecule has 0 amide bonds. The third-order valence-electron chi connectivity index (χ3n) is 5.04. The van der Waals surface area contributed by atoms with Crippen LogP contribution in [0.15, 0.2) is 30.3 Å². The highest BCUT2D eigenvalue weighted by molar-refractivity contribution is 5.25. The van der Waals surface area contributed by atoms with Crippen molar-refractivity contribution in [3.8, 4) is 0 Å². The maximum Gasteiger partial charge on any atom is 0.0535 e. The summed E-state index contributed by atoms with van der Waals surface area (Å²) < 4.78 is 0. The number of rotatable bonds is 6. The molecule has 2 heteroatoms. The molecule has 1 heterocycles. The highest BCUT2D eigenvalue weighted by atomic mass is 15.3. The smallest absolute Gasteiger partial charge is 0.0535 e. The van der Waals surface area contributed by atoms with E-state index < -0.39 is 0 Å². The van der Waals surface area contributed by atoms with Gasteiger partial charge in [0.1, 0.15) is 0 Å². The van der Waals surface area contributed by atoms with Crippen molar-refractivity contribution in [1.82, 2.24) is 10.2 Å². The molecule has 0 saturated carbocycles. The van der Waals surface area contributed by atoms with Gasteiger partial charge in [-0.05, 0) is 24.8 Å². The van der Waals surface area contributed by atoms with Crippen LogP contribution in [0, 0.1) is 5.92 Å². The van der Waals surface area contributed by atoms with Crippen molar-refractivity contribution in [3.05, 3.63) is 35.9 Å². The van der Waals surface area contributed by atoms with Gasteiger partial charge in [0.25, 0.3) is 0 Å². The van der Waals surface area contributed by atoms with E-state index in [0.717, 1.165) is 19.0 Å². The second kappa shape index (κ2) is 7.42. The van der Waals surface area contributed by atoms with E-state index in [2.05, 4.69) is 68.2 Å². The van der Waals surface area contributed by atoms with E-state index in [0.29, 0.717) is 6.04 Å². The molecule has 1 aliphatic heterocycles. The Kier molecular flexibility index (Phi) is 5.83. The Labute approximate surface area is 130 Å². The van der Waals surface area contributed by atoms with Crippen LogP contribution in [0.4, 0.5) is 0 Å². The summed E-state index contributed by atoms with van der Waals surface area (Å²) >= 11 is 0. The van der Waals surface area contributed by atoms with Gasteiger partial charge in [0.15, 0.2) is 0 Å². The Morgan fingerprint density at radius 3 is 2.62 bits per heavy atom. The van der Waals surface area contributed by atoms with Crippen molar-refractivity contribution in [2.45, 2.75) is 58.5 Å². The number of hydrogen-bond acceptors (Lipinski definition) is 2. The summed E-state index contributed by atoms with van der Waals surface area (Å²) in [6, 6.07) is 11.6. The first-order valence-electron chi connectivity index (χ1n) is 8.63. The Morgan fingerprint density at radius 2 is 2.00 bits per heavy atom. The first kappa shape index (κ1) is 16.5. The predicted octanol–water partition coefficient (Wildman–Crippen LogP) is 4.02. The van der Waals surface area contributed by atoms with E-state index >= 15 is 0 Å². The first-order chi connectivity index (χ1) is 10.1. The van der Waals surface area contributed by atoms with Crippen LogP contribution in [-0.2, 0) is 5.54 Å². The molecule has 1 fully saturated rings. The molecule has 0 aromatic heterocycles. The van der Waals surface area contributed by atoms with Crippen LogP contribution in [0.1, 0.15) is 52.5 Å². The van der Waals surface area contributed by atoms with Crippen LogP contribution in [0.2, 0.25) is 0 Å². The third-order valence-corrected chi connectivity index (χ3v) is 5.04. The van der Waals surface area contributed by atoms with Gasteiger partial charge in [-0.2, -0.15) is 0 Å². The molecular formula is C19H32N2. The van der Waals surface area contributed by atoms with Gasteiger partial charge >= 0.3 is 0 Å². The molecule has 2 nitrogen and oxygen atoms in total. The zero-order valence-corrected chi connectivity index (χ0v) is 14.2. The van der Waals surface area contributed by atoms with E-state index in [1.54, 1.807) is 0 Å². The van der Waals surface area contributed by atoms with E-state index in [1.165, 1.54) is 31.4 Å². The molecule has 0 spiro atoms. The summed E-state index contributed by atoms with van der Waals surface area (Å²) in [6.07, 6.45) is 3.84. The zero-order valence-electron chi connectivity index (χ0n) is 14.2. The molecule has 0 aliphatic carbocycles. The normalized spacial score (nSPS) is 28.5. The van der Waals surface area contributed by atoms with Crippen molar-refractivity contribution < 1.29 is 0 Å². The summed E-state index contributed by atoms with van der Waals surface area (Å²) in [6.45, 7) is 12.8. The van der Waals surface area contributed by atoms with E-state index in [4.69, 9.17) is 0 Å². The highest BCUT2D eigenvalue weighted by Gasteiger charge is 2.36. The van der Waals surface area contributed by atoms with Crippen molar-refractivity contribution in [1.29, 1.82) is 0 Å². The third kappa shape index (κ3) is 4.08. The Hall–Kier alpha value is -0.860. The monoisotopic (exact) mass is 288 g/mol.